The number of aliphatic hydroxyl groups excluding tert-OH is 1. The summed E-state index contributed by atoms with van der Waals surface area (Å²) in [4.78, 5) is 0.520. The van der Waals surface area contributed by atoms with Crippen LogP contribution in [0, 0.1) is 5.92 Å². The summed E-state index contributed by atoms with van der Waals surface area (Å²) in [7, 11) is 0. The van der Waals surface area contributed by atoms with E-state index in [-0.39, 0.29) is 23.6 Å². The molecule has 0 aliphatic carbocycles. The number of alkyl halides is 2. The summed E-state index contributed by atoms with van der Waals surface area (Å²) in [5, 5.41) is 24.9. The maximum Gasteiger partial charge on any atom is 0.297 e. The SMILES string of the molecule is CC(C)C(O)NCCn1cc([C@@H]2C[C@]3(C[C@H](C)N2)OCC(F)(F)c2cc(Cl)sc23)nn1. The van der Waals surface area contributed by atoms with Gasteiger partial charge in [0, 0.05) is 29.4 Å². The molecular weight excluding hydrogens is 448 g/mol. The number of thiophene rings is 1. The molecule has 0 amide bonds. The number of rotatable bonds is 6. The maximum absolute atomic E-state index is 14.5. The standard InChI is InChI=1S/C20H28ClF2N5O2S/c1-11(2)18(29)24-4-5-28-9-15(26-27-28)14-8-19(7-12(3)25-14)17-13(6-16(21)31-17)20(22,23)10-30-19/h6,9,11-12,14,18,24-25,29H,4-5,7-8,10H2,1-3H3/t12-,14-,18?,19-/m0/s1. The number of hydrogen-bond donors (Lipinski definition) is 3. The molecule has 2 aromatic heterocycles. The molecule has 4 rings (SSSR count). The zero-order valence-corrected chi connectivity index (χ0v) is 19.3. The summed E-state index contributed by atoms with van der Waals surface area (Å²) >= 11 is 7.31. The van der Waals surface area contributed by atoms with E-state index in [1.807, 2.05) is 27.0 Å². The third-order valence-corrected chi connectivity index (χ3v) is 7.38. The molecule has 4 atom stereocenters. The Morgan fingerprint density at radius 2 is 2.23 bits per heavy atom. The van der Waals surface area contributed by atoms with Gasteiger partial charge in [-0.3, -0.25) is 10.00 Å². The number of nitrogens with one attached hydrogen (secondary N) is 2. The van der Waals surface area contributed by atoms with Gasteiger partial charge in [-0.2, -0.15) is 8.78 Å². The molecule has 1 spiro atoms. The number of piperidine rings is 1. The average Bonchev–Trinajstić information content (AvgIpc) is 3.33. The molecule has 0 bridgehead atoms. The minimum atomic E-state index is -3.04. The summed E-state index contributed by atoms with van der Waals surface area (Å²) in [6, 6.07) is 1.22. The normalized spacial score (nSPS) is 28.8. The van der Waals surface area contributed by atoms with Gasteiger partial charge in [0.1, 0.15) is 18.4 Å². The second-order valence-electron chi connectivity index (χ2n) is 8.86. The van der Waals surface area contributed by atoms with E-state index < -0.39 is 24.4 Å². The van der Waals surface area contributed by atoms with Crippen molar-refractivity contribution in [1.29, 1.82) is 0 Å². The lowest BCUT2D eigenvalue weighted by Crippen LogP contribution is -2.51. The monoisotopic (exact) mass is 475 g/mol. The molecule has 1 unspecified atom stereocenters. The van der Waals surface area contributed by atoms with Gasteiger partial charge in [0.2, 0.25) is 0 Å². The van der Waals surface area contributed by atoms with Crippen molar-refractivity contribution in [3.8, 4) is 0 Å². The highest BCUT2D eigenvalue weighted by Crippen LogP contribution is 2.54. The van der Waals surface area contributed by atoms with E-state index in [1.165, 1.54) is 17.4 Å². The van der Waals surface area contributed by atoms with Crippen molar-refractivity contribution in [2.75, 3.05) is 13.2 Å². The third-order valence-electron chi connectivity index (χ3n) is 5.93. The zero-order valence-electron chi connectivity index (χ0n) is 17.7. The van der Waals surface area contributed by atoms with Crippen molar-refractivity contribution in [3.63, 3.8) is 0 Å². The van der Waals surface area contributed by atoms with Crippen LogP contribution in [0.5, 0.6) is 0 Å². The van der Waals surface area contributed by atoms with Gasteiger partial charge in [0.05, 0.1) is 28.8 Å². The molecule has 4 heterocycles. The van der Waals surface area contributed by atoms with Gasteiger partial charge in [0.15, 0.2) is 0 Å². The van der Waals surface area contributed by atoms with E-state index in [9.17, 15) is 13.9 Å². The number of nitrogens with zero attached hydrogens (tertiary/aromatic N) is 3. The number of aliphatic hydroxyl groups is 1. The Balaban J connectivity index is 1.51. The highest BCUT2D eigenvalue weighted by molar-refractivity contribution is 7.16. The highest BCUT2D eigenvalue weighted by Gasteiger charge is 2.53. The van der Waals surface area contributed by atoms with Crippen LogP contribution in [0.15, 0.2) is 12.3 Å². The van der Waals surface area contributed by atoms with E-state index in [1.54, 1.807) is 4.68 Å². The molecule has 0 aromatic carbocycles. The number of halogens is 3. The Labute approximate surface area is 189 Å². The van der Waals surface area contributed by atoms with Gasteiger partial charge in [-0.15, -0.1) is 16.4 Å². The molecule has 1 fully saturated rings. The van der Waals surface area contributed by atoms with Gasteiger partial charge < -0.3 is 15.2 Å². The molecule has 172 valence electrons. The Morgan fingerprint density at radius 3 is 2.97 bits per heavy atom. The molecule has 31 heavy (non-hydrogen) atoms. The Morgan fingerprint density at radius 1 is 1.45 bits per heavy atom. The number of fused-ring (bicyclic) bond motifs is 2. The highest BCUT2D eigenvalue weighted by atomic mass is 35.5. The Hall–Kier alpha value is -1.17. The Bertz CT molecular complexity index is 923. The molecule has 1 saturated heterocycles. The van der Waals surface area contributed by atoms with Crippen LogP contribution in [-0.4, -0.2) is 45.5 Å². The second-order valence-corrected chi connectivity index (χ2v) is 10.5. The summed E-state index contributed by atoms with van der Waals surface area (Å²) in [6.07, 6.45) is 2.33. The minimum absolute atomic E-state index is 0.0139. The van der Waals surface area contributed by atoms with Crippen LogP contribution in [0.2, 0.25) is 4.34 Å². The first kappa shape index (κ1) is 23.0. The Kier molecular flexibility index (Phi) is 6.41. The molecule has 2 aliphatic rings. The van der Waals surface area contributed by atoms with Crippen LogP contribution in [-0.2, 0) is 22.8 Å². The van der Waals surface area contributed by atoms with Crippen molar-refractivity contribution >= 4 is 22.9 Å². The third kappa shape index (κ3) is 4.65. The van der Waals surface area contributed by atoms with Gasteiger partial charge >= 0.3 is 0 Å². The van der Waals surface area contributed by atoms with Crippen molar-refractivity contribution in [1.82, 2.24) is 25.6 Å². The maximum atomic E-state index is 14.5. The quantitative estimate of drug-likeness (QED) is 0.555. The van der Waals surface area contributed by atoms with Crippen molar-refractivity contribution in [2.24, 2.45) is 5.92 Å². The van der Waals surface area contributed by atoms with E-state index >= 15 is 0 Å². The molecule has 2 aliphatic heterocycles. The molecule has 0 radical (unpaired) electrons. The van der Waals surface area contributed by atoms with E-state index in [4.69, 9.17) is 16.3 Å². The predicted molar refractivity (Wildman–Crippen MR) is 114 cm³/mol. The van der Waals surface area contributed by atoms with Gasteiger partial charge in [-0.25, -0.2) is 0 Å². The van der Waals surface area contributed by atoms with Gasteiger partial charge in [0.25, 0.3) is 5.92 Å². The first-order chi connectivity index (χ1) is 14.6. The van der Waals surface area contributed by atoms with Crippen LogP contribution in [0.3, 0.4) is 0 Å². The van der Waals surface area contributed by atoms with Gasteiger partial charge in [-0.1, -0.05) is 30.7 Å². The second kappa shape index (κ2) is 8.64. The number of aromatic nitrogens is 3. The molecule has 7 nitrogen and oxygen atoms in total. The largest absolute Gasteiger partial charge is 0.378 e. The molecule has 3 N–H and O–H groups in total. The first-order valence-electron chi connectivity index (χ1n) is 10.5. The fourth-order valence-corrected chi connectivity index (χ4v) is 5.79. The van der Waals surface area contributed by atoms with E-state index in [0.717, 1.165) is 5.69 Å². The summed E-state index contributed by atoms with van der Waals surface area (Å²) in [5.74, 6) is -2.92. The van der Waals surface area contributed by atoms with Crippen molar-refractivity contribution < 1.29 is 18.6 Å². The molecular formula is C20H28ClF2N5O2S. The fraction of sp³-hybridized carbons (Fsp3) is 0.700. The van der Waals surface area contributed by atoms with Crippen LogP contribution in [0.25, 0.3) is 0 Å². The molecule has 0 saturated carbocycles. The van der Waals surface area contributed by atoms with E-state index in [2.05, 4.69) is 20.9 Å². The van der Waals surface area contributed by atoms with Crippen LogP contribution in [0.1, 0.15) is 55.8 Å². The topological polar surface area (TPSA) is 84.2 Å². The van der Waals surface area contributed by atoms with Crippen LogP contribution < -0.4 is 10.6 Å². The molecule has 11 heteroatoms. The summed E-state index contributed by atoms with van der Waals surface area (Å²) in [5.41, 5.74) is -0.0999. The lowest BCUT2D eigenvalue weighted by molar-refractivity contribution is -0.183. The summed E-state index contributed by atoms with van der Waals surface area (Å²) in [6.45, 7) is 6.34. The first-order valence-corrected chi connectivity index (χ1v) is 11.7. The predicted octanol–water partition coefficient (Wildman–Crippen LogP) is 3.39. The minimum Gasteiger partial charge on any atom is -0.378 e. The number of ether oxygens (including phenoxy) is 1. The zero-order chi connectivity index (χ0) is 22.4. The fourth-order valence-electron chi connectivity index (χ4n) is 4.35. The number of hydrogen-bond acceptors (Lipinski definition) is 7. The lowest BCUT2D eigenvalue weighted by atomic mass is 9.78. The van der Waals surface area contributed by atoms with E-state index in [0.29, 0.717) is 35.1 Å². The van der Waals surface area contributed by atoms with Crippen LogP contribution >= 0.6 is 22.9 Å². The smallest absolute Gasteiger partial charge is 0.297 e. The van der Waals surface area contributed by atoms with Crippen LogP contribution in [0.4, 0.5) is 8.78 Å². The van der Waals surface area contributed by atoms with Gasteiger partial charge in [-0.05, 0) is 25.3 Å². The summed E-state index contributed by atoms with van der Waals surface area (Å²) < 4.78 is 36.8. The average molecular weight is 476 g/mol. The molecule has 2 aromatic rings. The van der Waals surface area contributed by atoms with Crippen molar-refractivity contribution in [2.45, 2.75) is 70.0 Å². The lowest BCUT2D eigenvalue weighted by Gasteiger charge is -2.47. The van der Waals surface area contributed by atoms with Crippen molar-refractivity contribution in [3.05, 3.63) is 32.7 Å².